The average molecular weight is 326 g/mol. The zero-order valence-corrected chi connectivity index (χ0v) is 14.3. The quantitative estimate of drug-likeness (QED) is 0.786. The fourth-order valence-corrected chi connectivity index (χ4v) is 3.31. The molecule has 0 amide bonds. The molecular weight excluding hydrogens is 304 g/mol. The van der Waals surface area contributed by atoms with E-state index in [1.807, 2.05) is 12.1 Å². The Morgan fingerprint density at radius 1 is 0.917 bits per heavy atom. The van der Waals surface area contributed by atoms with Gasteiger partial charge in [-0.3, -0.25) is 4.79 Å². The van der Waals surface area contributed by atoms with Gasteiger partial charge in [0, 0.05) is 12.0 Å². The second kappa shape index (κ2) is 6.95. The molecule has 0 aromatic heterocycles. The van der Waals surface area contributed by atoms with Gasteiger partial charge in [-0.2, -0.15) is 0 Å². The largest absolute Gasteiger partial charge is 0.497 e. The summed E-state index contributed by atoms with van der Waals surface area (Å²) in [4.78, 5) is 13.0. The van der Waals surface area contributed by atoms with Crippen molar-refractivity contribution in [3.63, 3.8) is 0 Å². The molecule has 0 saturated heterocycles. The summed E-state index contributed by atoms with van der Waals surface area (Å²) in [5.41, 5.74) is 3.13. The molecule has 1 unspecified atom stereocenters. The number of Topliss-reactive ketones (excluding diaryl/α,β-unsaturated/α-hetero) is 1. The summed E-state index contributed by atoms with van der Waals surface area (Å²) in [7, 11) is 4.84. The van der Waals surface area contributed by atoms with Crippen LogP contribution in [0, 0.1) is 5.92 Å². The van der Waals surface area contributed by atoms with Gasteiger partial charge in [0.2, 0.25) is 0 Å². The predicted octanol–water partition coefficient (Wildman–Crippen LogP) is 3.70. The van der Waals surface area contributed by atoms with Gasteiger partial charge < -0.3 is 14.2 Å². The number of ether oxygens (including phenoxy) is 3. The first kappa shape index (κ1) is 16.4. The lowest BCUT2D eigenvalue weighted by Crippen LogP contribution is -2.23. The van der Waals surface area contributed by atoms with Gasteiger partial charge in [-0.1, -0.05) is 6.07 Å². The molecule has 1 aliphatic carbocycles. The van der Waals surface area contributed by atoms with E-state index in [1.54, 1.807) is 39.5 Å². The van der Waals surface area contributed by atoms with Gasteiger partial charge in [-0.25, -0.2) is 0 Å². The highest BCUT2D eigenvalue weighted by Gasteiger charge is 2.27. The van der Waals surface area contributed by atoms with Crippen LogP contribution in [-0.4, -0.2) is 27.1 Å². The number of hydrogen-bond acceptors (Lipinski definition) is 4. The van der Waals surface area contributed by atoms with E-state index in [0.29, 0.717) is 17.1 Å². The number of benzene rings is 2. The van der Waals surface area contributed by atoms with Crippen molar-refractivity contribution in [3.8, 4) is 17.2 Å². The number of rotatable bonds is 5. The molecule has 4 heteroatoms. The highest BCUT2D eigenvalue weighted by atomic mass is 16.5. The number of ketones is 1. The maximum Gasteiger partial charge on any atom is 0.170 e. The van der Waals surface area contributed by atoms with Crippen molar-refractivity contribution in [2.75, 3.05) is 21.3 Å². The van der Waals surface area contributed by atoms with Crippen LogP contribution < -0.4 is 14.2 Å². The van der Waals surface area contributed by atoms with E-state index in [4.69, 9.17) is 14.2 Å². The summed E-state index contributed by atoms with van der Waals surface area (Å²) >= 11 is 0. The lowest BCUT2D eigenvalue weighted by molar-refractivity contribution is 0.0905. The van der Waals surface area contributed by atoms with Crippen molar-refractivity contribution in [1.29, 1.82) is 0 Å². The third-order valence-electron chi connectivity index (χ3n) is 4.69. The molecule has 4 nitrogen and oxygen atoms in total. The van der Waals surface area contributed by atoms with E-state index in [2.05, 4.69) is 6.07 Å². The Hall–Kier alpha value is -2.49. The minimum atomic E-state index is -0.0353. The standard InChI is InChI=1S/C20H22O4/c1-22-16-7-6-13-4-5-14(10-15(13)11-16)20(21)18-9-8-17(23-2)12-19(18)24-3/h6-9,11-12,14H,4-5,10H2,1-3H3. The first-order valence-electron chi connectivity index (χ1n) is 8.08. The van der Waals surface area contributed by atoms with Crippen LogP contribution in [0.5, 0.6) is 17.2 Å². The van der Waals surface area contributed by atoms with Gasteiger partial charge >= 0.3 is 0 Å². The third kappa shape index (κ3) is 3.09. The SMILES string of the molecule is COc1ccc2c(c1)CC(C(=O)c1ccc(OC)cc1OC)CC2. The first-order valence-corrected chi connectivity index (χ1v) is 8.08. The Morgan fingerprint density at radius 3 is 2.33 bits per heavy atom. The van der Waals surface area contributed by atoms with Gasteiger partial charge in [0.15, 0.2) is 5.78 Å². The zero-order chi connectivity index (χ0) is 17.1. The predicted molar refractivity (Wildman–Crippen MR) is 92.4 cm³/mol. The number of aryl methyl sites for hydroxylation is 1. The van der Waals surface area contributed by atoms with Crippen LogP contribution in [0.2, 0.25) is 0 Å². The molecule has 2 aromatic rings. The van der Waals surface area contributed by atoms with E-state index in [-0.39, 0.29) is 11.7 Å². The molecule has 3 rings (SSSR count). The molecule has 1 atom stereocenters. The summed E-state index contributed by atoms with van der Waals surface area (Å²) in [6.45, 7) is 0. The van der Waals surface area contributed by atoms with E-state index in [1.165, 1.54) is 11.1 Å². The number of carbonyl (C=O) groups is 1. The number of methoxy groups -OCH3 is 3. The van der Waals surface area contributed by atoms with Crippen LogP contribution in [0.3, 0.4) is 0 Å². The molecule has 0 bridgehead atoms. The molecule has 1 aliphatic rings. The maximum absolute atomic E-state index is 13.0. The van der Waals surface area contributed by atoms with E-state index in [9.17, 15) is 4.79 Å². The summed E-state index contributed by atoms with van der Waals surface area (Å²) in [5, 5.41) is 0. The van der Waals surface area contributed by atoms with Crippen LogP contribution in [0.25, 0.3) is 0 Å². The molecule has 126 valence electrons. The van der Waals surface area contributed by atoms with E-state index >= 15 is 0 Å². The smallest absolute Gasteiger partial charge is 0.170 e. The fourth-order valence-electron chi connectivity index (χ4n) is 3.31. The Balaban J connectivity index is 1.86. The summed E-state index contributed by atoms with van der Waals surface area (Å²) in [6.07, 6.45) is 2.50. The van der Waals surface area contributed by atoms with Crippen molar-refractivity contribution >= 4 is 5.78 Å². The van der Waals surface area contributed by atoms with Crippen molar-refractivity contribution in [1.82, 2.24) is 0 Å². The number of fused-ring (bicyclic) bond motifs is 1. The van der Waals surface area contributed by atoms with E-state index in [0.717, 1.165) is 25.0 Å². The summed E-state index contributed by atoms with van der Waals surface area (Å²) in [6, 6.07) is 11.5. The lowest BCUT2D eigenvalue weighted by atomic mass is 9.80. The molecular formula is C20H22O4. The highest BCUT2D eigenvalue weighted by Crippen LogP contribution is 2.33. The summed E-state index contributed by atoms with van der Waals surface area (Å²) < 4.78 is 15.9. The second-order valence-electron chi connectivity index (χ2n) is 6.00. The highest BCUT2D eigenvalue weighted by molar-refractivity contribution is 6.00. The van der Waals surface area contributed by atoms with Gasteiger partial charge in [0.05, 0.1) is 26.9 Å². The second-order valence-corrected chi connectivity index (χ2v) is 6.00. The first-order chi connectivity index (χ1) is 11.7. The molecule has 24 heavy (non-hydrogen) atoms. The third-order valence-corrected chi connectivity index (χ3v) is 4.69. The monoisotopic (exact) mass is 326 g/mol. The van der Waals surface area contributed by atoms with Crippen LogP contribution in [0.4, 0.5) is 0 Å². The van der Waals surface area contributed by atoms with Crippen molar-refractivity contribution in [2.45, 2.75) is 19.3 Å². The molecule has 0 radical (unpaired) electrons. The van der Waals surface area contributed by atoms with E-state index < -0.39 is 0 Å². The molecule has 0 heterocycles. The molecule has 0 aliphatic heterocycles. The topological polar surface area (TPSA) is 44.8 Å². The molecule has 2 aromatic carbocycles. The van der Waals surface area contributed by atoms with Crippen molar-refractivity contribution < 1.29 is 19.0 Å². The maximum atomic E-state index is 13.0. The van der Waals surface area contributed by atoms with Crippen LogP contribution in [0.15, 0.2) is 36.4 Å². The Morgan fingerprint density at radius 2 is 1.62 bits per heavy atom. The Kier molecular flexibility index (Phi) is 4.74. The van der Waals surface area contributed by atoms with Crippen LogP contribution in [-0.2, 0) is 12.8 Å². The van der Waals surface area contributed by atoms with Gasteiger partial charge in [0.1, 0.15) is 17.2 Å². The normalized spacial score (nSPS) is 16.2. The minimum Gasteiger partial charge on any atom is -0.497 e. The molecule has 0 fully saturated rings. The fraction of sp³-hybridized carbons (Fsp3) is 0.350. The molecule has 0 saturated carbocycles. The van der Waals surface area contributed by atoms with Crippen LogP contribution >= 0.6 is 0 Å². The zero-order valence-electron chi connectivity index (χ0n) is 14.3. The molecule has 0 N–H and O–H groups in total. The van der Waals surface area contributed by atoms with Gasteiger partial charge in [-0.15, -0.1) is 0 Å². The van der Waals surface area contributed by atoms with Crippen molar-refractivity contribution in [3.05, 3.63) is 53.1 Å². The summed E-state index contributed by atoms with van der Waals surface area (Å²) in [5.74, 6) is 2.18. The Labute approximate surface area is 142 Å². The average Bonchev–Trinajstić information content (AvgIpc) is 2.65. The number of carbonyl (C=O) groups excluding carboxylic acids is 1. The minimum absolute atomic E-state index is 0.0353. The number of hydrogen-bond donors (Lipinski definition) is 0. The Bertz CT molecular complexity index is 751. The van der Waals surface area contributed by atoms with Gasteiger partial charge in [-0.05, 0) is 54.7 Å². The van der Waals surface area contributed by atoms with Gasteiger partial charge in [0.25, 0.3) is 0 Å². The van der Waals surface area contributed by atoms with Crippen molar-refractivity contribution in [2.24, 2.45) is 5.92 Å². The van der Waals surface area contributed by atoms with Crippen LogP contribution in [0.1, 0.15) is 27.9 Å². The lowest BCUT2D eigenvalue weighted by Gasteiger charge is -2.24. The molecule has 0 spiro atoms.